The van der Waals surface area contributed by atoms with Crippen molar-refractivity contribution in [1.82, 2.24) is 0 Å². The minimum atomic E-state index is -2.93. The van der Waals surface area contributed by atoms with Crippen LogP contribution in [-0.4, -0.2) is 33.6 Å². The Balaban J connectivity index is 2.22. The maximum absolute atomic E-state index is 11.7. The van der Waals surface area contributed by atoms with Gasteiger partial charge in [-0.2, -0.15) is 0 Å². The fourth-order valence-corrected chi connectivity index (χ4v) is 5.38. The molecule has 1 fully saturated rings. The zero-order chi connectivity index (χ0) is 14.1. The third-order valence-corrected chi connectivity index (χ3v) is 6.20. The van der Waals surface area contributed by atoms with Gasteiger partial charge in [-0.1, -0.05) is 6.07 Å². The van der Waals surface area contributed by atoms with Crippen molar-refractivity contribution >= 4 is 25.8 Å². The normalized spacial score (nSPS) is 25.4. The lowest BCUT2D eigenvalue weighted by Crippen LogP contribution is -2.34. The van der Waals surface area contributed by atoms with E-state index in [0.717, 1.165) is 15.8 Å². The van der Waals surface area contributed by atoms with Crippen LogP contribution in [0, 0.1) is 5.41 Å². The number of nitrogens with two attached hydrogens (primary N) is 1. The van der Waals surface area contributed by atoms with Gasteiger partial charge < -0.3 is 10.5 Å². The van der Waals surface area contributed by atoms with E-state index < -0.39 is 9.84 Å². The van der Waals surface area contributed by atoms with Gasteiger partial charge in [0.1, 0.15) is 5.75 Å². The molecule has 1 aromatic carbocycles. The Kier molecular flexibility index (Phi) is 4.23. The lowest BCUT2D eigenvalue weighted by molar-refractivity contribution is 0.344. The van der Waals surface area contributed by atoms with E-state index in [1.165, 1.54) is 0 Å². The van der Waals surface area contributed by atoms with E-state index in [9.17, 15) is 8.42 Å². The average molecular weight is 348 g/mol. The van der Waals surface area contributed by atoms with Crippen molar-refractivity contribution in [3.63, 3.8) is 0 Å². The third-order valence-electron chi connectivity index (χ3n) is 3.70. The number of hydrogen-bond donors (Lipinski definition) is 1. The van der Waals surface area contributed by atoms with Gasteiger partial charge in [-0.3, -0.25) is 0 Å². The molecule has 6 heteroatoms. The van der Waals surface area contributed by atoms with Crippen LogP contribution in [0.2, 0.25) is 0 Å². The highest BCUT2D eigenvalue weighted by atomic mass is 79.9. The number of hydrogen-bond acceptors (Lipinski definition) is 4. The van der Waals surface area contributed by atoms with Gasteiger partial charge in [0.25, 0.3) is 0 Å². The molecule has 0 radical (unpaired) electrons. The van der Waals surface area contributed by atoms with Crippen molar-refractivity contribution in [3.05, 3.63) is 28.2 Å². The standard InChI is InChI=1S/C13H18BrNO3S/c1-18-12-3-2-10(6-11(12)14)7-13(8-15)4-5-19(16,17)9-13/h2-3,6H,4-5,7-9,15H2,1H3. The Morgan fingerprint density at radius 1 is 1.47 bits per heavy atom. The molecule has 0 aliphatic carbocycles. The molecule has 1 saturated heterocycles. The van der Waals surface area contributed by atoms with E-state index in [1.54, 1.807) is 7.11 Å². The topological polar surface area (TPSA) is 69.4 Å². The van der Waals surface area contributed by atoms with Gasteiger partial charge >= 0.3 is 0 Å². The lowest BCUT2D eigenvalue weighted by Gasteiger charge is -2.26. The van der Waals surface area contributed by atoms with Crippen LogP contribution in [0.5, 0.6) is 5.75 Å². The molecule has 2 rings (SSSR count). The van der Waals surface area contributed by atoms with Crippen LogP contribution >= 0.6 is 15.9 Å². The van der Waals surface area contributed by atoms with Crippen LogP contribution in [0.3, 0.4) is 0 Å². The number of methoxy groups -OCH3 is 1. The van der Waals surface area contributed by atoms with Crippen molar-refractivity contribution in [2.24, 2.45) is 11.1 Å². The summed E-state index contributed by atoms with van der Waals surface area (Å²) in [6, 6.07) is 5.82. The molecule has 1 aliphatic heterocycles. The molecule has 106 valence electrons. The van der Waals surface area contributed by atoms with E-state index in [4.69, 9.17) is 10.5 Å². The molecule has 2 N–H and O–H groups in total. The summed E-state index contributed by atoms with van der Waals surface area (Å²) in [4.78, 5) is 0. The van der Waals surface area contributed by atoms with E-state index in [0.29, 0.717) is 19.4 Å². The van der Waals surface area contributed by atoms with Crippen LogP contribution in [0.15, 0.2) is 22.7 Å². The SMILES string of the molecule is COc1ccc(CC2(CN)CCS(=O)(=O)C2)cc1Br. The molecular weight excluding hydrogens is 330 g/mol. The van der Waals surface area contributed by atoms with Crippen molar-refractivity contribution in [3.8, 4) is 5.75 Å². The maximum Gasteiger partial charge on any atom is 0.150 e. The molecule has 4 nitrogen and oxygen atoms in total. The maximum atomic E-state index is 11.7. The number of ether oxygens (including phenoxy) is 1. The van der Waals surface area contributed by atoms with E-state index in [2.05, 4.69) is 15.9 Å². The summed E-state index contributed by atoms with van der Waals surface area (Å²) in [6.07, 6.45) is 1.33. The molecule has 0 bridgehead atoms. The Morgan fingerprint density at radius 3 is 2.68 bits per heavy atom. The number of benzene rings is 1. The minimum absolute atomic E-state index is 0.195. The summed E-state index contributed by atoms with van der Waals surface area (Å²) >= 11 is 3.44. The highest BCUT2D eigenvalue weighted by molar-refractivity contribution is 9.10. The van der Waals surface area contributed by atoms with Crippen LogP contribution in [0.4, 0.5) is 0 Å². The molecular formula is C13H18BrNO3S. The largest absolute Gasteiger partial charge is 0.496 e. The summed E-state index contributed by atoms with van der Waals surface area (Å²) in [7, 11) is -1.31. The fourth-order valence-electron chi connectivity index (χ4n) is 2.61. The first-order valence-electron chi connectivity index (χ1n) is 6.13. The summed E-state index contributed by atoms with van der Waals surface area (Å²) < 4.78 is 29.4. The van der Waals surface area contributed by atoms with Crippen molar-refractivity contribution in [1.29, 1.82) is 0 Å². The summed E-state index contributed by atoms with van der Waals surface area (Å²) in [5.74, 6) is 1.21. The van der Waals surface area contributed by atoms with Gasteiger partial charge in [0.15, 0.2) is 9.84 Å². The summed E-state index contributed by atoms with van der Waals surface area (Å²) in [5, 5.41) is 0. The highest BCUT2D eigenvalue weighted by Gasteiger charge is 2.41. The van der Waals surface area contributed by atoms with Gasteiger partial charge in [-0.15, -0.1) is 0 Å². The number of halogens is 1. The first-order chi connectivity index (χ1) is 8.90. The third kappa shape index (κ3) is 3.30. The van der Waals surface area contributed by atoms with Gasteiger partial charge in [0.2, 0.25) is 0 Å². The summed E-state index contributed by atoms with van der Waals surface area (Å²) in [6.45, 7) is 0.399. The van der Waals surface area contributed by atoms with E-state index >= 15 is 0 Å². The smallest absolute Gasteiger partial charge is 0.150 e. The Morgan fingerprint density at radius 2 is 2.21 bits per heavy atom. The second-order valence-electron chi connectivity index (χ2n) is 5.19. The van der Waals surface area contributed by atoms with Gasteiger partial charge in [-0.05, 0) is 53.0 Å². The van der Waals surface area contributed by atoms with E-state index in [-0.39, 0.29) is 16.9 Å². The van der Waals surface area contributed by atoms with Crippen LogP contribution in [0.1, 0.15) is 12.0 Å². The quantitative estimate of drug-likeness (QED) is 0.900. The zero-order valence-electron chi connectivity index (χ0n) is 10.9. The van der Waals surface area contributed by atoms with Gasteiger partial charge in [0.05, 0.1) is 23.1 Å². The van der Waals surface area contributed by atoms with Crippen LogP contribution in [-0.2, 0) is 16.3 Å². The first-order valence-corrected chi connectivity index (χ1v) is 8.74. The molecule has 1 aliphatic rings. The Labute approximate surface area is 122 Å². The van der Waals surface area contributed by atoms with Crippen LogP contribution < -0.4 is 10.5 Å². The number of rotatable bonds is 4. The van der Waals surface area contributed by atoms with Crippen molar-refractivity contribution in [2.45, 2.75) is 12.8 Å². The van der Waals surface area contributed by atoms with Gasteiger partial charge in [-0.25, -0.2) is 8.42 Å². The monoisotopic (exact) mass is 347 g/mol. The second kappa shape index (κ2) is 5.42. The summed E-state index contributed by atoms with van der Waals surface area (Å²) in [5.41, 5.74) is 6.60. The molecule has 1 atom stereocenters. The molecule has 0 saturated carbocycles. The molecule has 1 heterocycles. The van der Waals surface area contributed by atoms with E-state index in [1.807, 2.05) is 18.2 Å². The van der Waals surface area contributed by atoms with Crippen molar-refractivity contribution in [2.75, 3.05) is 25.2 Å². The van der Waals surface area contributed by atoms with Crippen LogP contribution in [0.25, 0.3) is 0 Å². The second-order valence-corrected chi connectivity index (χ2v) is 8.23. The Hall–Kier alpha value is -0.590. The van der Waals surface area contributed by atoms with Gasteiger partial charge in [0, 0.05) is 5.41 Å². The molecule has 1 aromatic rings. The van der Waals surface area contributed by atoms with Crippen molar-refractivity contribution < 1.29 is 13.2 Å². The molecule has 0 spiro atoms. The molecule has 19 heavy (non-hydrogen) atoms. The fraction of sp³-hybridized carbons (Fsp3) is 0.538. The highest BCUT2D eigenvalue weighted by Crippen LogP contribution is 2.36. The predicted molar refractivity (Wildman–Crippen MR) is 79.2 cm³/mol. The number of sulfone groups is 1. The minimum Gasteiger partial charge on any atom is -0.496 e. The lowest BCUT2D eigenvalue weighted by atomic mass is 9.81. The molecule has 0 amide bonds. The first kappa shape index (κ1) is 14.8. The average Bonchev–Trinajstić information content (AvgIpc) is 2.66. The molecule has 0 aromatic heterocycles. The Bertz CT molecular complexity index is 573. The zero-order valence-corrected chi connectivity index (χ0v) is 13.3. The molecule has 1 unspecified atom stereocenters. The predicted octanol–water partition coefficient (Wildman–Crippen LogP) is 1.76.